The van der Waals surface area contributed by atoms with Crippen LogP contribution in [-0.2, 0) is 6.42 Å². The first-order valence-corrected chi connectivity index (χ1v) is 13.7. The third-order valence-electron chi connectivity index (χ3n) is 7.14. The molecule has 5 aromatic rings. The summed E-state index contributed by atoms with van der Waals surface area (Å²) in [5.74, 6) is 0.494. The van der Waals surface area contributed by atoms with E-state index in [-0.39, 0.29) is 11.6 Å². The molecule has 0 bridgehead atoms. The summed E-state index contributed by atoms with van der Waals surface area (Å²) in [6.45, 7) is 4.38. The Bertz CT molecular complexity index is 1770. The monoisotopic (exact) mass is 541 g/mol. The number of carbonyl (C=O) groups is 1. The predicted octanol–water partition coefficient (Wildman–Crippen LogP) is 6.79. The summed E-state index contributed by atoms with van der Waals surface area (Å²) in [6, 6.07) is 33.1. The summed E-state index contributed by atoms with van der Waals surface area (Å²) in [6.07, 6.45) is 1.14. The second kappa shape index (κ2) is 12.3. The Morgan fingerprint density at radius 2 is 1.71 bits per heavy atom. The molecule has 0 aliphatic carbocycles. The van der Waals surface area contributed by atoms with Crippen molar-refractivity contribution in [3.05, 3.63) is 136 Å². The molecule has 7 nitrogen and oxygen atoms in total. The highest BCUT2D eigenvalue weighted by atomic mass is 16.2. The van der Waals surface area contributed by atoms with Crippen LogP contribution in [0.2, 0.25) is 0 Å². The van der Waals surface area contributed by atoms with Gasteiger partial charge in [0, 0.05) is 12.2 Å². The number of nitrogens with zero attached hydrogens (tertiary/aromatic N) is 4. The molecule has 0 aliphatic rings. The number of urea groups is 1. The minimum absolute atomic E-state index is 0.182. The van der Waals surface area contributed by atoms with Crippen molar-refractivity contribution < 1.29 is 4.79 Å². The van der Waals surface area contributed by atoms with Crippen LogP contribution in [0.5, 0.6) is 0 Å². The molecule has 1 heterocycles. The average molecular weight is 542 g/mol. The van der Waals surface area contributed by atoms with Crippen molar-refractivity contribution in [2.24, 2.45) is 0 Å². The molecule has 2 amide bonds. The van der Waals surface area contributed by atoms with Crippen LogP contribution < -0.4 is 10.9 Å². The first-order chi connectivity index (χ1) is 20.0. The Balaban J connectivity index is 1.63. The number of fused-ring (bicyclic) bond motifs is 1. The van der Waals surface area contributed by atoms with Crippen LogP contribution >= 0.6 is 0 Å². The number of nitrogens with one attached hydrogen (secondary N) is 1. The third-order valence-corrected chi connectivity index (χ3v) is 7.14. The van der Waals surface area contributed by atoms with Crippen LogP contribution in [0, 0.1) is 18.3 Å². The van der Waals surface area contributed by atoms with Gasteiger partial charge in [-0.05, 0) is 67.8 Å². The van der Waals surface area contributed by atoms with Crippen molar-refractivity contribution >= 4 is 22.6 Å². The minimum atomic E-state index is -0.517. The number of hydrogen-bond acceptors (Lipinski definition) is 4. The van der Waals surface area contributed by atoms with Gasteiger partial charge < -0.3 is 10.2 Å². The Morgan fingerprint density at radius 3 is 2.44 bits per heavy atom. The zero-order chi connectivity index (χ0) is 28.8. The summed E-state index contributed by atoms with van der Waals surface area (Å²) in [5.41, 5.74) is 4.24. The van der Waals surface area contributed by atoms with Gasteiger partial charge in [-0.1, -0.05) is 73.2 Å². The third kappa shape index (κ3) is 6.02. The molecule has 1 N–H and O–H groups in total. The number of hydrogen-bond donors (Lipinski definition) is 1. The molecule has 4 aromatic carbocycles. The second-order valence-corrected chi connectivity index (χ2v) is 9.94. The summed E-state index contributed by atoms with van der Waals surface area (Å²) in [7, 11) is 0. The number of aryl methyl sites for hydroxylation is 1. The van der Waals surface area contributed by atoms with Crippen molar-refractivity contribution in [1.29, 1.82) is 5.26 Å². The zero-order valence-electron chi connectivity index (χ0n) is 23.1. The topological polar surface area (TPSA) is 91.0 Å². The molecule has 0 fully saturated rings. The molecule has 0 saturated heterocycles. The standard InChI is InChI=1S/C34H31N5O2/c1-3-31(32-37-30-15-8-7-14-29(30)33(40)39(32)28-18-16-24(2)17-19-28)38(21-20-25-10-5-4-6-11-25)34(41)36-27-13-9-12-26(22-27)23-35/h4-19,22,31H,3,20-21H2,1-2H3,(H,36,41). The van der Waals surface area contributed by atoms with Gasteiger partial charge in [0.05, 0.1) is 34.3 Å². The molecule has 0 spiro atoms. The maximum absolute atomic E-state index is 14.0. The van der Waals surface area contributed by atoms with Gasteiger partial charge in [-0.3, -0.25) is 9.36 Å². The molecule has 0 aliphatic heterocycles. The SMILES string of the molecule is CCC(c1nc2ccccc2c(=O)n1-c1ccc(C)cc1)N(CCc1ccccc1)C(=O)Nc1cccc(C#N)c1. The lowest BCUT2D eigenvalue weighted by Crippen LogP contribution is -2.42. The quantitative estimate of drug-likeness (QED) is 0.234. The maximum Gasteiger partial charge on any atom is 0.322 e. The van der Waals surface area contributed by atoms with Crippen LogP contribution in [0.4, 0.5) is 10.5 Å². The van der Waals surface area contributed by atoms with E-state index < -0.39 is 6.04 Å². The van der Waals surface area contributed by atoms with Crippen LogP contribution in [0.15, 0.2) is 108 Å². The van der Waals surface area contributed by atoms with Gasteiger partial charge in [0.25, 0.3) is 5.56 Å². The molecule has 5 rings (SSSR count). The Hall–Kier alpha value is -5.22. The summed E-state index contributed by atoms with van der Waals surface area (Å²) < 4.78 is 1.63. The summed E-state index contributed by atoms with van der Waals surface area (Å²) >= 11 is 0. The van der Waals surface area contributed by atoms with Crippen LogP contribution in [0.25, 0.3) is 16.6 Å². The molecule has 1 unspecified atom stereocenters. The Labute approximate surface area is 239 Å². The van der Waals surface area contributed by atoms with E-state index in [0.717, 1.165) is 11.1 Å². The number of anilines is 1. The van der Waals surface area contributed by atoms with Crippen molar-refractivity contribution in [1.82, 2.24) is 14.5 Å². The van der Waals surface area contributed by atoms with Gasteiger partial charge in [0.2, 0.25) is 0 Å². The summed E-state index contributed by atoms with van der Waals surface area (Å²) in [4.78, 5) is 34.7. The molecular formula is C34H31N5O2. The fraction of sp³-hybridized carbons (Fsp3) is 0.176. The smallest absolute Gasteiger partial charge is 0.314 e. The average Bonchev–Trinajstić information content (AvgIpc) is 3.00. The van der Waals surface area contributed by atoms with Gasteiger partial charge in [-0.25, -0.2) is 9.78 Å². The van der Waals surface area contributed by atoms with Gasteiger partial charge in [-0.2, -0.15) is 5.26 Å². The maximum atomic E-state index is 14.0. The fourth-order valence-electron chi connectivity index (χ4n) is 5.01. The van der Waals surface area contributed by atoms with Gasteiger partial charge >= 0.3 is 6.03 Å². The molecule has 1 atom stereocenters. The van der Waals surface area contributed by atoms with Gasteiger partial charge in [-0.15, -0.1) is 0 Å². The van der Waals surface area contributed by atoms with Crippen molar-refractivity contribution in [2.75, 3.05) is 11.9 Å². The first kappa shape index (κ1) is 27.4. The van der Waals surface area contributed by atoms with Crippen LogP contribution in [0.3, 0.4) is 0 Å². The second-order valence-electron chi connectivity index (χ2n) is 9.94. The lowest BCUT2D eigenvalue weighted by atomic mass is 10.1. The van der Waals surface area contributed by atoms with E-state index in [1.54, 1.807) is 39.8 Å². The molecular weight excluding hydrogens is 510 g/mol. The molecule has 204 valence electrons. The minimum Gasteiger partial charge on any atom is -0.314 e. The number of para-hydroxylation sites is 1. The highest BCUT2D eigenvalue weighted by molar-refractivity contribution is 5.90. The number of aromatic nitrogens is 2. The highest BCUT2D eigenvalue weighted by Gasteiger charge is 2.29. The van der Waals surface area contributed by atoms with E-state index in [2.05, 4.69) is 11.4 Å². The Kier molecular flexibility index (Phi) is 8.21. The van der Waals surface area contributed by atoms with Crippen LogP contribution in [0.1, 0.15) is 41.9 Å². The van der Waals surface area contributed by atoms with Crippen molar-refractivity contribution in [3.63, 3.8) is 0 Å². The van der Waals surface area contributed by atoms with E-state index in [0.29, 0.717) is 53.1 Å². The number of benzene rings is 4. The molecule has 0 saturated carbocycles. The van der Waals surface area contributed by atoms with E-state index in [4.69, 9.17) is 4.98 Å². The summed E-state index contributed by atoms with van der Waals surface area (Å²) in [5, 5.41) is 12.8. The van der Waals surface area contributed by atoms with E-state index >= 15 is 0 Å². The van der Waals surface area contributed by atoms with Crippen molar-refractivity contribution in [3.8, 4) is 11.8 Å². The zero-order valence-corrected chi connectivity index (χ0v) is 23.1. The normalized spacial score (nSPS) is 11.5. The highest BCUT2D eigenvalue weighted by Crippen LogP contribution is 2.27. The molecule has 1 aromatic heterocycles. The lowest BCUT2D eigenvalue weighted by Gasteiger charge is -2.32. The molecule has 0 radical (unpaired) electrons. The van der Waals surface area contributed by atoms with E-state index in [9.17, 15) is 14.9 Å². The Morgan fingerprint density at radius 1 is 0.976 bits per heavy atom. The molecule has 41 heavy (non-hydrogen) atoms. The van der Waals surface area contributed by atoms with Gasteiger partial charge in [0.15, 0.2) is 0 Å². The van der Waals surface area contributed by atoms with E-state index in [1.807, 2.05) is 86.6 Å². The lowest BCUT2D eigenvalue weighted by molar-refractivity contribution is 0.182. The number of rotatable bonds is 8. The van der Waals surface area contributed by atoms with Crippen molar-refractivity contribution in [2.45, 2.75) is 32.7 Å². The first-order valence-electron chi connectivity index (χ1n) is 13.7. The van der Waals surface area contributed by atoms with Crippen LogP contribution in [-0.4, -0.2) is 27.0 Å². The predicted molar refractivity (Wildman–Crippen MR) is 162 cm³/mol. The molecule has 7 heteroatoms. The number of nitriles is 1. The largest absolute Gasteiger partial charge is 0.322 e. The number of carbonyl (C=O) groups excluding carboxylic acids is 1. The number of amides is 2. The fourth-order valence-corrected chi connectivity index (χ4v) is 5.01. The van der Waals surface area contributed by atoms with E-state index in [1.165, 1.54) is 0 Å². The van der Waals surface area contributed by atoms with Gasteiger partial charge in [0.1, 0.15) is 5.82 Å².